The Bertz CT molecular complexity index is 220. The van der Waals surface area contributed by atoms with Crippen LogP contribution in [0.5, 0.6) is 0 Å². The van der Waals surface area contributed by atoms with Crippen molar-refractivity contribution in [1.82, 2.24) is 4.98 Å². The Kier molecular flexibility index (Phi) is 2.91. The van der Waals surface area contributed by atoms with E-state index in [2.05, 4.69) is 4.98 Å². The third-order valence-electron chi connectivity index (χ3n) is 1.34. The average Bonchev–Trinajstić information content (AvgIpc) is 1.93. The molecule has 1 atom stereocenters. The number of hydrogen-bond donors (Lipinski definition) is 0. The van der Waals surface area contributed by atoms with Crippen molar-refractivity contribution in [2.45, 2.75) is 12.7 Å². The molecular weight excluding hydrogens is 158 g/mol. The van der Waals surface area contributed by atoms with Crippen molar-refractivity contribution in [1.29, 1.82) is 0 Å². The third kappa shape index (κ3) is 2.91. The Morgan fingerprint density at radius 1 is 1.55 bits per heavy atom. The molecule has 1 aromatic heterocycles. The number of pyridine rings is 1. The molecule has 0 bridgehead atoms. The highest BCUT2D eigenvalue weighted by atomic mass is 32.2. The first-order chi connectivity index (χ1) is 5.18. The summed E-state index contributed by atoms with van der Waals surface area (Å²) in [4.78, 5) is 4.10. The lowest BCUT2D eigenvalue weighted by Crippen LogP contribution is -2.01. The summed E-state index contributed by atoms with van der Waals surface area (Å²) >= 11 is -0.763. The Morgan fingerprint density at radius 3 is 2.73 bits per heavy atom. The molecule has 1 aromatic rings. The van der Waals surface area contributed by atoms with Crippen molar-refractivity contribution < 1.29 is 4.55 Å². The van der Waals surface area contributed by atoms with Crippen molar-refractivity contribution in [2.24, 2.45) is 0 Å². The lowest BCUT2D eigenvalue weighted by Gasteiger charge is -2.03. The lowest BCUT2D eigenvalue weighted by atomic mass is 10.3. The molecule has 0 amide bonds. The predicted molar refractivity (Wildman–Crippen MR) is 46.7 cm³/mol. The maximum absolute atomic E-state index is 10.8. The van der Waals surface area contributed by atoms with E-state index in [9.17, 15) is 4.55 Å². The second-order valence-corrected chi connectivity index (χ2v) is 3.96. The minimum atomic E-state index is -0.763. The van der Waals surface area contributed by atoms with Crippen molar-refractivity contribution in [3.05, 3.63) is 29.6 Å². The monoisotopic (exact) mass is 169 g/mol. The molecule has 0 aromatic carbocycles. The molecular formula is C8H11NOS. The van der Waals surface area contributed by atoms with Gasteiger partial charge in [0, 0.05) is 17.5 Å². The SMILES string of the molecule is Cc1ccc(C[S+](C)[O-])cn1. The van der Waals surface area contributed by atoms with Crippen LogP contribution in [0.25, 0.3) is 0 Å². The standard InChI is InChI=1S/C8H11NOS/c1-7-3-4-8(5-9-7)6-11(2)10/h3-5H,6H2,1-2H3. The molecule has 0 saturated heterocycles. The first-order valence-corrected chi connectivity index (χ1v) is 5.13. The summed E-state index contributed by atoms with van der Waals surface area (Å²) in [6.45, 7) is 1.94. The Balaban J connectivity index is 2.66. The summed E-state index contributed by atoms with van der Waals surface area (Å²) in [5.41, 5.74) is 2.03. The summed E-state index contributed by atoms with van der Waals surface area (Å²) in [6, 6.07) is 3.89. The number of aromatic nitrogens is 1. The fourth-order valence-electron chi connectivity index (χ4n) is 0.819. The Hall–Kier alpha value is -0.540. The van der Waals surface area contributed by atoms with Gasteiger partial charge >= 0.3 is 0 Å². The third-order valence-corrected chi connectivity index (χ3v) is 2.08. The zero-order valence-corrected chi connectivity index (χ0v) is 7.52. The van der Waals surface area contributed by atoms with E-state index in [4.69, 9.17) is 0 Å². The van der Waals surface area contributed by atoms with E-state index in [0.717, 1.165) is 11.3 Å². The molecule has 2 nitrogen and oxygen atoms in total. The van der Waals surface area contributed by atoms with Crippen LogP contribution in [0.2, 0.25) is 0 Å². The molecule has 0 radical (unpaired) electrons. The largest absolute Gasteiger partial charge is 0.616 e. The molecule has 0 aliphatic heterocycles. The Labute approximate surface area is 69.8 Å². The van der Waals surface area contributed by atoms with Crippen molar-refractivity contribution in [3.63, 3.8) is 0 Å². The van der Waals surface area contributed by atoms with E-state index >= 15 is 0 Å². The van der Waals surface area contributed by atoms with Gasteiger partial charge in [0.25, 0.3) is 0 Å². The van der Waals surface area contributed by atoms with Gasteiger partial charge in [-0.05, 0) is 13.0 Å². The van der Waals surface area contributed by atoms with Crippen molar-refractivity contribution >= 4 is 11.2 Å². The second-order valence-electron chi connectivity index (χ2n) is 2.53. The molecule has 1 unspecified atom stereocenters. The van der Waals surface area contributed by atoms with Crippen LogP contribution < -0.4 is 0 Å². The smallest absolute Gasteiger partial charge is 0.131 e. The van der Waals surface area contributed by atoms with Gasteiger partial charge < -0.3 is 4.55 Å². The molecule has 11 heavy (non-hydrogen) atoms. The molecule has 1 heterocycles. The molecule has 0 saturated carbocycles. The van der Waals surface area contributed by atoms with Gasteiger partial charge in [-0.25, -0.2) is 0 Å². The zero-order valence-electron chi connectivity index (χ0n) is 6.70. The van der Waals surface area contributed by atoms with Crippen LogP contribution in [0, 0.1) is 6.92 Å². The maximum atomic E-state index is 10.8. The molecule has 3 heteroatoms. The average molecular weight is 169 g/mol. The molecule has 0 aliphatic carbocycles. The van der Waals surface area contributed by atoms with Gasteiger partial charge in [0.15, 0.2) is 0 Å². The van der Waals surface area contributed by atoms with Gasteiger partial charge in [0.05, 0.1) is 6.26 Å². The summed E-state index contributed by atoms with van der Waals surface area (Å²) in [7, 11) is 0. The Morgan fingerprint density at radius 2 is 2.27 bits per heavy atom. The number of rotatable bonds is 2. The first-order valence-electron chi connectivity index (χ1n) is 3.40. The number of nitrogens with zero attached hydrogens (tertiary/aromatic N) is 1. The van der Waals surface area contributed by atoms with Crippen LogP contribution in [0.1, 0.15) is 11.3 Å². The number of aryl methyl sites for hydroxylation is 1. The highest BCUT2D eigenvalue weighted by Crippen LogP contribution is 2.03. The van der Waals surface area contributed by atoms with Gasteiger partial charge in [0.2, 0.25) is 0 Å². The lowest BCUT2D eigenvalue weighted by molar-refractivity contribution is 0.600. The van der Waals surface area contributed by atoms with Gasteiger partial charge in [-0.1, -0.05) is 17.2 Å². The van der Waals surface area contributed by atoms with Crippen molar-refractivity contribution in [2.75, 3.05) is 6.26 Å². The summed E-state index contributed by atoms with van der Waals surface area (Å²) < 4.78 is 10.8. The predicted octanol–water partition coefficient (Wildman–Crippen LogP) is 1.27. The van der Waals surface area contributed by atoms with E-state index in [1.807, 2.05) is 19.1 Å². The highest BCUT2D eigenvalue weighted by Gasteiger charge is 1.99. The maximum Gasteiger partial charge on any atom is 0.131 e. The van der Waals surface area contributed by atoms with E-state index < -0.39 is 11.2 Å². The second kappa shape index (κ2) is 3.74. The summed E-state index contributed by atoms with van der Waals surface area (Å²) in [5.74, 6) is 0.604. The minimum absolute atomic E-state index is 0.604. The van der Waals surface area contributed by atoms with Crippen LogP contribution in [0.15, 0.2) is 18.3 Å². The van der Waals surface area contributed by atoms with Crippen LogP contribution in [-0.2, 0) is 16.9 Å². The summed E-state index contributed by atoms with van der Waals surface area (Å²) in [6.07, 6.45) is 3.47. The minimum Gasteiger partial charge on any atom is -0.616 e. The van der Waals surface area contributed by atoms with Crippen LogP contribution >= 0.6 is 0 Å². The zero-order chi connectivity index (χ0) is 8.27. The first kappa shape index (κ1) is 8.56. The highest BCUT2D eigenvalue weighted by molar-refractivity contribution is 7.89. The molecule has 0 fully saturated rings. The fourth-order valence-corrected chi connectivity index (χ4v) is 1.46. The summed E-state index contributed by atoms with van der Waals surface area (Å²) in [5, 5.41) is 0. The van der Waals surface area contributed by atoms with Crippen LogP contribution in [0.4, 0.5) is 0 Å². The molecule has 0 aliphatic rings. The van der Waals surface area contributed by atoms with Crippen molar-refractivity contribution in [3.8, 4) is 0 Å². The molecule has 1 rings (SSSR count). The number of hydrogen-bond acceptors (Lipinski definition) is 2. The van der Waals surface area contributed by atoms with Crippen LogP contribution in [-0.4, -0.2) is 15.8 Å². The molecule has 0 spiro atoms. The van der Waals surface area contributed by atoms with Gasteiger partial charge in [-0.15, -0.1) is 0 Å². The van der Waals surface area contributed by atoms with E-state index in [1.165, 1.54) is 0 Å². The molecule has 60 valence electrons. The fraction of sp³-hybridized carbons (Fsp3) is 0.375. The van der Waals surface area contributed by atoms with Crippen LogP contribution in [0.3, 0.4) is 0 Å². The van der Waals surface area contributed by atoms with Gasteiger partial charge in [-0.3, -0.25) is 4.98 Å². The van der Waals surface area contributed by atoms with E-state index in [0.29, 0.717) is 5.75 Å². The quantitative estimate of drug-likeness (QED) is 0.625. The topological polar surface area (TPSA) is 36.0 Å². The molecule has 0 N–H and O–H groups in total. The normalized spacial score (nSPS) is 13.0. The van der Waals surface area contributed by atoms with Gasteiger partial charge in [-0.2, -0.15) is 0 Å². The van der Waals surface area contributed by atoms with E-state index in [-0.39, 0.29) is 0 Å². The van der Waals surface area contributed by atoms with E-state index in [1.54, 1.807) is 12.5 Å². The van der Waals surface area contributed by atoms with Gasteiger partial charge in [0.1, 0.15) is 5.75 Å².